The minimum absolute atomic E-state index is 0.0572. The monoisotopic (exact) mass is 418 g/mol. The van der Waals surface area contributed by atoms with Gasteiger partial charge in [-0.3, -0.25) is 4.79 Å². The van der Waals surface area contributed by atoms with Crippen molar-refractivity contribution in [1.82, 2.24) is 14.9 Å². The topological polar surface area (TPSA) is 114 Å². The molecular formula is C19H19FN4O4S. The van der Waals surface area contributed by atoms with Gasteiger partial charge in [-0.25, -0.2) is 17.5 Å². The number of hydrogen-bond donors (Lipinski definition) is 2. The summed E-state index contributed by atoms with van der Waals surface area (Å²) >= 11 is 0. The van der Waals surface area contributed by atoms with E-state index in [0.717, 1.165) is 5.56 Å². The summed E-state index contributed by atoms with van der Waals surface area (Å²) in [5.74, 6) is -0.117. The van der Waals surface area contributed by atoms with Crippen LogP contribution in [0.25, 0.3) is 11.4 Å². The van der Waals surface area contributed by atoms with E-state index in [-0.39, 0.29) is 35.4 Å². The van der Waals surface area contributed by atoms with Crippen molar-refractivity contribution >= 4 is 21.6 Å². The predicted octanol–water partition coefficient (Wildman–Crippen LogP) is 2.66. The number of halogens is 1. The third-order valence-corrected chi connectivity index (χ3v) is 5.61. The number of benzene rings is 2. The Morgan fingerprint density at radius 3 is 2.59 bits per heavy atom. The lowest BCUT2D eigenvalue weighted by Gasteiger charge is -2.10. The zero-order chi connectivity index (χ0) is 21.0. The van der Waals surface area contributed by atoms with Crippen LogP contribution >= 0.6 is 0 Å². The molecule has 0 spiro atoms. The number of sulfonamides is 1. The fourth-order valence-corrected chi connectivity index (χ4v) is 3.28. The SMILES string of the molecule is CNS(=O)(=O)c1ccc(C)c(NC(=O)CCc2nc(-c3ccc(F)cc3)no2)c1. The van der Waals surface area contributed by atoms with Crippen molar-refractivity contribution < 1.29 is 22.1 Å². The summed E-state index contributed by atoms with van der Waals surface area (Å²) < 4.78 is 44.2. The highest BCUT2D eigenvalue weighted by atomic mass is 32.2. The van der Waals surface area contributed by atoms with Crippen LogP contribution < -0.4 is 10.0 Å². The fourth-order valence-electron chi connectivity index (χ4n) is 2.53. The Morgan fingerprint density at radius 1 is 1.17 bits per heavy atom. The van der Waals surface area contributed by atoms with E-state index >= 15 is 0 Å². The van der Waals surface area contributed by atoms with E-state index in [4.69, 9.17) is 4.52 Å². The summed E-state index contributed by atoms with van der Waals surface area (Å²) in [6, 6.07) is 10.1. The van der Waals surface area contributed by atoms with Crippen LogP contribution in [0.3, 0.4) is 0 Å². The van der Waals surface area contributed by atoms with E-state index in [1.807, 2.05) is 0 Å². The summed E-state index contributed by atoms with van der Waals surface area (Å²) in [5.41, 5.74) is 1.73. The van der Waals surface area contributed by atoms with Gasteiger partial charge in [0.05, 0.1) is 4.90 Å². The molecule has 0 saturated heterocycles. The summed E-state index contributed by atoms with van der Waals surface area (Å²) in [6.45, 7) is 1.76. The van der Waals surface area contributed by atoms with Crippen LogP contribution in [0.1, 0.15) is 17.9 Å². The van der Waals surface area contributed by atoms with Crippen LogP contribution in [0, 0.1) is 12.7 Å². The summed E-state index contributed by atoms with van der Waals surface area (Å²) in [5, 5.41) is 6.53. The fraction of sp³-hybridized carbons (Fsp3) is 0.211. The minimum atomic E-state index is -3.61. The number of aryl methyl sites for hydroxylation is 2. The van der Waals surface area contributed by atoms with Crippen molar-refractivity contribution in [3.05, 3.63) is 59.7 Å². The van der Waals surface area contributed by atoms with Gasteiger partial charge in [-0.15, -0.1) is 0 Å². The quantitative estimate of drug-likeness (QED) is 0.610. The molecule has 3 aromatic rings. The first-order chi connectivity index (χ1) is 13.8. The van der Waals surface area contributed by atoms with Crippen molar-refractivity contribution in [2.45, 2.75) is 24.7 Å². The van der Waals surface area contributed by atoms with Gasteiger partial charge in [0.1, 0.15) is 5.82 Å². The van der Waals surface area contributed by atoms with Gasteiger partial charge in [0.2, 0.25) is 27.6 Å². The van der Waals surface area contributed by atoms with Crippen molar-refractivity contribution in [1.29, 1.82) is 0 Å². The molecule has 2 N–H and O–H groups in total. The maximum atomic E-state index is 13.0. The molecule has 0 bridgehead atoms. The van der Waals surface area contributed by atoms with Gasteiger partial charge in [0.15, 0.2) is 0 Å². The van der Waals surface area contributed by atoms with Crippen molar-refractivity contribution in [3.8, 4) is 11.4 Å². The van der Waals surface area contributed by atoms with E-state index in [9.17, 15) is 17.6 Å². The van der Waals surface area contributed by atoms with Gasteiger partial charge >= 0.3 is 0 Å². The number of hydrogen-bond acceptors (Lipinski definition) is 6. The molecule has 0 unspecified atom stereocenters. The average Bonchev–Trinajstić information content (AvgIpc) is 3.17. The van der Waals surface area contributed by atoms with Crippen LogP contribution in [-0.4, -0.2) is 31.5 Å². The average molecular weight is 418 g/mol. The van der Waals surface area contributed by atoms with Crippen LogP contribution in [-0.2, 0) is 21.2 Å². The first kappa shape index (κ1) is 20.6. The lowest BCUT2D eigenvalue weighted by Crippen LogP contribution is -2.19. The highest BCUT2D eigenvalue weighted by molar-refractivity contribution is 7.89. The number of anilines is 1. The number of nitrogens with zero attached hydrogens (tertiary/aromatic N) is 2. The highest BCUT2D eigenvalue weighted by Gasteiger charge is 2.15. The number of aromatic nitrogens is 2. The van der Waals surface area contributed by atoms with Crippen LogP contribution in [0.2, 0.25) is 0 Å². The molecule has 2 aromatic carbocycles. The van der Waals surface area contributed by atoms with Gasteiger partial charge in [0, 0.05) is 24.1 Å². The summed E-state index contributed by atoms with van der Waals surface area (Å²) in [4.78, 5) is 16.5. The molecule has 1 amide bonds. The Bertz CT molecular complexity index is 1130. The second-order valence-electron chi connectivity index (χ2n) is 6.25. The standard InChI is InChI=1S/C19H19FN4O4S/c1-12-3-8-15(29(26,27)21-2)11-16(12)22-17(25)9-10-18-23-19(24-28-18)13-4-6-14(20)7-5-13/h3-8,11,21H,9-10H2,1-2H3,(H,22,25). The Morgan fingerprint density at radius 2 is 1.90 bits per heavy atom. The Balaban J connectivity index is 1.64. The Labute approximate surface area is 167 Å². The van der Waals surface area contributed by atoms with Gasteiger partial charge < -0.3 is 9.84 Å². The molecule has 0 atom stereocenters. The lowest BCUT2D eigenvalue weighted by atomic mass is 10.2. The molecule has 0 aliphatic rings. The van der Waals surface area contributed by atoms with Crippen LogP contribution in [0.15, 0.2) is 51.9 Å². The van der Waals surface area contributed by atoms with Crippen molar-refractivity contribution in [3.63, 3.8) is 0 Å². The maximum absolute atomic E-state index is 13.0. The molecule has 0 fully saturated rings. The first-order valence-electron chi connectivity index (χ1n) is 8.71. The molecule has 29 heavy (non-hydrogen) atoms. The molecule has 3 rings (SSSR count). The molecule has 1 heterocycles. The third-order valence-electron chi connectivity index (χ3n) is 4.20. The van der Waals surface area contributed by atoms with Gasteiger partial charge in [-0.2, -0.15) is 4.98 Å². The van der Waals surface area contributed by atoms with E-state index in [1.165, 1.54) is 43.4 Å². The number of rotatable bonds is 7. The van der Waals surface area contributed by atoms with E-state index < -0.39 is 10.0 Å². The summed E-state index contributed by atoms with van der Waals surface area (Å²) in [7, 11) is -2.30. The van der Waals surface area contributed by atoms with E-state index in [2.05, 4.69) is 20.2 Å². The predicted molar refractivity (Wildman–Crippen MR) is 104 cm³/mol. The molecule has 0 saturated carbocycles. The molecule has 0 aliphatic heterocycles. The molecule has 0 radical (unpaired) electrons. The summed E-state index contributed by atoms with van der Waals surface area (Å²) in [6.07, 6.45) is 0.265. The second kappa shape index (κ2) is 8.50. The molecule has 0 aliphatic carbocycles. The van der Waals surface area contributed by atoms with E-state index in [0.29, 0.717) is 17.1 Å². The van der Waals surface area contributed by atoms with Gasteiger partial charge in [0.25, 0.3) is 0 Å². The van der Waals surface area contributed by atoms with Gasteiger partial charge in [-0.05, 0) is 55.9 Å². The molecule has 8 nitrogen and oxygen atoms in total. The van der Waals surface area contributed by atoms with Crippen molar-refractivity contribution in [2.24, 2.45) is 0 Å². The Kier molecular flexibility index (Phi) is 6.04. The van der Waals surface area contributed by atoms with Crippen LogP contribution in [0.4, 0.5) is 10.1 Å². The Hall–Kier alpha value is -3.11. The zero-order valence-electron chi connectivity index (χ0n) is 15.8. The largest absolute Gasteiger partial charge is 0.339 e. The molecule has 1 aromatic heterocycles. The van der Waals surface area contributed by atoms with Crippen molar-refractivity contribution in [2.75, 3.05) is 12.4 Å². The maximum Gasteiger partial charge on any atom is 0.240 e. The molecular weight excluding hydrogens is 399 g/mol. The second-order valence-corrected chi connectivity index (χ2v) is 8.14. The van der Waals surface area contributed by atoms with Gasteiger partial charge in [-0.1, -0.05) is 11.2 Å². The molecule has 10 heteroatoms. The molecule has 152 valence electrons. The van der Waals surface area contributed by atoms with E-state index in [1.54, 1.807) is 13.0 Å². The number of nitrogens with one attached hydrogen (secondary N) is 2. The third kappa shape index (κ3) is 5.04. The number of carbonyl (C=O) groups excluding carboxylic acids is 1. The number of carbonyl (C=O) groups is 1. The zero-order valence-corrected chi connectivity index (χ0v) is 16.6. The normalized spacial score (nSPS) is 11.4. The smallest absolute Gasteiger partial charge is 0.240 e. The number of amides is 1. The van der Waals surface area contributed by atoms with Crippen LogP contribution in [0.5, 0.6) is 0 Å². The first-order valence-corrected chi connectivity index (χ1v) is 10.2. The minimum Gasteiger partial charge on any atom is -0.339 e. The highest BCUT2D eigenvalue weighted by Crippen LogP contribution is 2.21. The lowest BCUT2D eigenvalue weighted by molar-refractivity contribution is -0.116.